The number of nitrogens with two attached hydrogens (primary N) is 2. The lowest BCUT2D eigenvalue weighted by molar-refractivity contribution is -0.142. The Morgan fingerprint density at radius 3 is 1.97 bits per heavy atom. The van der Waals surface area contributed by atoms with E-state index in [0.717, 1.165) is 0 Å². The van der Waals surface area contributed by atoms with Gasteiger partial charge in [-0.05, 0) is 19.4 Å². The predicted octanol–water partition coefficient (Wildman–Crippen LogP) is -2.63. The number of carboxylic acids is 1. The molecule has 0 aromatic heterocycles. The predicted molar refractivity (Wildman–Crippen MR) is 113 cm³/mol. The first-order valence-corrected chi connectivity index (χ1v) is 9.82. The molecule has 9 N–H and O–H groups in total. The zero-order valence-electron chi connectivity index (χ0n) is 17.8. The number of aliphatic hydroxyl groups is 1. The summed E-state index contributed by atoms with van der Waals surface area (Å²) in [7, 11) is 0. The highest BCUT2D eigenvalue weighted by Gasteiger charge is 2.30. The van der Waals surface area contributed by atoms with E-state index in [1.807, 2.05) is 0 Å². The molecule has 5 atom stereocenters. The fourth-order valence-corrected chi connectivity index (χ4v) is 2.62. The summed E-state index contributed by atoms with van der Waals surface area (Å²) < 4.78 is 0. The number of carbonyl (C=O) groups excluding carboxylic acids is 4. The van der Waals surface area contributed by atoms with Crippen LogP contribution in [0.4, 0.5) is 0 Å². The standard InChI is InChI=1S/C20H29N5O7/c1-10(23-19(30)16(22)11(2)26)17(28)24-13(9-15(21)27)18(29)25-14(20(31)32)8-12-6-4-3-5-7-12/h3-7,10-11,13-14,16,26H,8-9,22H2,1-2H3,(H2,21,27)(H,23,30)(H,24,28)(H,25,29)(H,31,32). The van der Waals surface area contributed by atoms with Gasteiger partial charge in [0.1, 0.15) is 24.2 Å². The normalized spacial score (nSPS) is 15.4. The molecule has 0 aliphatic heterocycles. The summed E-state index contributed by atoms with van der Waals surface area (Å²) in [6.45, 7) is 2.60. The molecule has 0 heterocycles. The van der Waals surface area contributed by atoms with E-state index in [2.05, 4.69) is 16.0 Å². The van der Waals surface area contributed by atoms with Gasteiger partial charge < -0.3 is 37.6 Å². The first-order valence-electron chi connectivity index (χ1n) is 9.82. The van der Waals surface area contributed by atoms with Crippen LogP contribution >= 0.6 is 0 Å². The largest absolute Gasteiger partial charge is 0.480 e. The van der Waals surface area contributed by atoms with Gasteiger partial charge in [0.2, 0.25) is 23.6 Å². The lowest BCUT2D eigenvalue weighted by Gasteiger charge is -2.23. The zero-order chi connectivity index (χ0) is 24.4. The Labute approximate surface area is 184 Å². The fourth-order valence-electron chi connectivity index (χ4n) is 2.62. The number of primary amides is 1. The van der Waals surface area contributed by atoms with Crippen LogP contribution in [0.1, 0.15) is 25.8 Å². The number of benzene rings is 1. The Bertz CT molecular complexity index is 831. The van der Waals surface area contributed by atoms with Crippen LogP contribution in [0.3, 0.4) is 0 Å². The highest BCUT2D eigenvalue weighted by atomic mass is 16.4. The second kappa shape index (κ2) is 12.4. The summed E-state index contributed by atoms with van der Waals surface area (Å²) in [5.74, 6) is -4.79. The summed E-state index contributed by atoms with van der Waals surface area (Å²) in [6.07, 6.45) is -1.78. The average molecular weight is 451 g/mol. The molecule has 1 rings (SSSR count). The van der Waals surface area contributed by atoms with Gasteiger partial charge in [-0.1, -0.05) is 30.3 Å². The monoisotopic (exact) mass is 451 g/mol. The zero-order valence-corrected chi connectivity index (χ0v) is 17.8. The minimum atomic E-state index is -1.47. The molecule has 0 saturated heterocycles. The minimum absolute atomic E-state index is 0.0250. The molecule has 0 fully saturated rings. The molecule has 0 bridgehead atoms. The van der Waals surface area contributed by atoms with Crippen molar-refractivity contribution in [2.75, 3.05) is 0 Å². The van der Waals surface area contributed by atoms with Gasteiger partial charge in [-0.15, -0.1) is 0 Å². The maximum absolute atomic E-state index is 12.6. The first-order chi connectivity index (χ1) is 14.9. The summed E-state index contributed by atoms with van der Waals surface area (Å²) >= 11 is 0. The molecular weight excluding hydrogens is 422 g/mol. The van der Waals surface area contributed by atoms with Gasteiger partial charge in [0.05, 0.1) is 12.5 Å². The molecule has 0 aliphatic rings. The van der Waals surface area contributed by atoms with Crippen molar-refractivity contribution < 1.29 is 34.2 Å². The molecule has 12 heteroatoms. The molecule has 32 heavy (non-hydrogen) atoms. The van der Waals surface area contributed by atoms with Crippen molar-refractivity contribution in [2.45, 2.75) is 57.0 Å². The smallest absolute Gasteiger partial charge is 0.326 e. The molecule has 0 aliphatic carbocycles. The molecular formula is C20H29N5O7. The van der Waals surface area contributed by atoms with Crippen LogP contribution in [-0.2, 0) is 30.4 Å². The van der Waals surface area contributed by atoms with Crippen molar-refractivity contribution in [3.05, 3.63) is 35.9 Å². The highest BCUT2D eigenvalue weighted by Crippen LogP contribution is 2.05. The van der Waals surface area contributed by atoms with Gasteiger partial charge >= 0.3 is 5.97 Å². The van der Waals surface area contributed by atoms with Crippen LogP contribution in [0.2, 0.25) is 0 Å². The molecule has 5 unspecified atom stereocenters. The number of nitrogens with one attached hydrogen (secondary N) is 3. The maximum atomic E-state index is 12.6. The van der Waals surface area contributed by atoms with Gasteiger partial charge in [-0.2, -0.15) is 0 Å². The van der Waals surface area contributed by atoms with Crippen molar-refractivity contribution in [3.63, 3.8) is 0 Å². The fraction of sp³-hybridized carbons (Fsp3) is 0.450. The molecule has 0 radical (unpaired) electrons. The second-order valence-corrected chi connectivity index (χ2v) is 7.32. The molecule has 4 amide bonds. The van der Waals surface area contributed by atoms with Gasteiger partial charge in [0.25, 0.3) is 0 Å². The summed E-state index contributed by atoms with van der Waals surface area (Å²) in [4.78, 5) is 59.9. The highest BCUT2D eigenvalue weighted by molar-refractivity contribution is 5.96. The summed E-state index contributed by atoms with van der Waals surface area (Å²) in [5.41, 5.74) is 11.3. The van der Waals surface area contributed by atoms with E-state index in [-0.39, 0.29) is 6.42 Å². The molecule has 0 spiro atoms. The molecule has 176 valence electrons. The quantitative estimate of drug-likeness (QED) is 0.178. The van der Waals surface area contributed by atoms with Crippen molar-refractivity contribution >= 4 is 29.6 Å². The minimum Gasteiger partial charge on any atom is -0.480 e. The number of aliphatic carboxylic acids is 1. The van der Waals surface area contributed by atoms with Gasteiger partial charge in [-0.3, -0.25) is 19.2 Å². The number of hydrogen-bond acceptors (Lipinski definition) is 7. The van der Waals surface area contributed by atoms with E-state index in [0.29, 0.717) is 5.56 Å². The van der Waals surface area contributed by atoms with Crippen LogP contribution < -0.4 is 27.4 Å². The maximum Gasteiger partial charge on any atom is 0.326 e. The molecule has 1 aromatic rings. The van der Waals surface area contributed by atoms with E-state index in [1.165, 1.54) is 13.8 Å². The van der Waals surface area contributed by atoms with E-state index in [9.17, 15) is 34.2 Å². The Morgan fingerprint density at radius 2 is 1.47 bits per heavy atom. The van der Waals surface area contributed by atoms with Crippen LogP contribution in [0.5, 0.6) is 0 Å². The van der Waals surface area contributed by atoms with E-state index in [1.54, 1.807) is 30.3 Å². The average Bonchev–Trinajstić information content (AvgIpc) is 2.72. The topological polar surface area (TPSA) is 214 Å². The van der Waals surface area contributed by atoms with Gasteiger partial charge in [0.15, 0.2) is 0 Å². The van der Waals surface area contributed by atoms with Crippen LogP contribution in [0.25, 0.3) is 0 Å². The van der Waals surface area contributed by atoms with Crippen molar-refractivity contribution in [1.29, 1.82) is 0 Å². The van der Waals surface area contributed by atoms with E-state index < -0.39 is 66.3 Å². The number of carboxylic acid groups (broad SMARTS) is 1. The second-order valence-electron chi connectivity index (χ2n) is 7.32. The number of aliphatic hydroxyl groups excluding tert-OH is 1. The van der Waals surface area contributed by atoms with E-state index in [4.69, 9.17) is 11.5 Å². The molecule has 12 nitrogen and oxygen atoms in total. The van der Waals surface area contributed by atoms with Gasteiger partial charge in [0, 0.05) is 6.42 Å². The molecule has 1 aromatic carbocycles. The van der Waals surface area contributed by atoms with Crippen molar-refractivity contribution in [1.82, 2.24) is 16.0 Å². The Morgan fingerprint density at radius 1 is 0.906 bits per heavy atom. The van der Waals surface area contributed by atoms with Crippen LogP contribution in [0.15, 0.2) is 30.3 Å². The Kier molecular flexibility index (Phi) is 10.3. The van der Waals surface area contributed by atoms with Crippen molar-refractivity contribution in [3.8, 4) is 0 Å². The summed E-state index contributed by atoms with van der Waals surface area (Å²) in [5, 5.41) is 25.6. The Hall–Kier alpha value is -3.51. The van der Waals surface area contributed by atoms with Crippen LogP contribution in [0, 0.1) is 0 Å². The lowest BCUT2D eigenvalue weighted by Crippen LogP contribution is -2.58. The first kappa shape index (κ1) is 26.5. The lowest BCUT2D eigenvalue weighted by atomic mass is 10.0. The van der Waals surface area contributed by atoms with Gasteiger partial charge in [-0.25, -0.2) is 4.79 Å². The SMILES string of the molecule is CC(NC(=O)C(N)C(C)O)C(=O)NC(CC(N)=O)C(=O)NC(Cc1ccccc1)C(=O)O. The third kappa shape index (κ3) is 8.70. The number of amides is 4. The number of rotatable bonds is 12. The van der Waals surface area contributed by atoms with E-state index >= 15 is 0 Å². The third-order valence-corrected chi connectivity index (χ3v) is 4.51. The molecule has 0 saturated carbocycles. The third-order valence-electron chi connectivity index (χ3n) is 4.51. The number of carbonyl (C=O) groups is 5. The Balaban J connectivity index is 2.85. The van der Waals surface area contributed by atoms with Crippen LogP contribution in [-0.4, -0.2) is 70.1 Å². The number of hydrogen-bond donors (Lipinski definition) is 7. The summed E-state index contributed by atoms with van der Waals surface area (Å²) in [6, 6.07) is 3.32. The van der Waals surface area contributed by atoms with Crippen molar-refractivity contribution in [2.24, 2.45) is 11.5 Å².